The number of hydrogen-bond donors (Lipinski definition) is 1. The Morgan fingerprint density at radius 3 is 2.55 bits per heavy atom. The number of rotatable bonds is 7. The van der Waals surface area contributed by atoms with Crippen molar-refractivity contribution in [1.29, 1.82) is 0 Å². The van der Waals surface area contributed by atoms with Crippen molar-refractivity contribution < 1.29 is 0 Å². The number of aryl methyl sites for hydroxylation is 2. The molecule has 2 aromatic rings. The first kappa shape index (κ1) is 15.2. The molecule has 0 radical (unpaired) electrons. The van der Waals surface area contributed by atoms with Gasteiger partial charge in [-0.1, -0.05) is 44.2 Å². The van der Waals surface area contributed by atoms with Gasteiger partial charge in [-0.15, -0.1) is 11.3 Å². The quantitative estimate of drug-likeness (QED) is 0.827. The van der Waals surface area contributed by atoms with Crippen LogP contribution in [0.2, 0.25) is 0 Å². The third-order valence-corrected chi connectivity index (χ3v) is 4.60. The molecule has 0 aliphatic rings. The molecule has 2 nitrogen and oxygen atoms in total. The normalized spacial score (nSPS) is 12.8. The van der Waals surface area contributed by atoms with E-state index in [2.05, 4.69) is 61.4 Å². The predicted molar refractivity (Wildman–Crippen MR) is 87.5 cm³/mol. The molecule has 1 unspecified atom stereocenters. The van der Waals surface area contributed by atoms with Gasteiger partial charge in [0.15, 0.2) is 0 Å². The molecule has 1 heterocycles. The first-order valence-electron chi connectivity index (χ1n) is 7.34. The van der Waals surface area contributed by atoms with Gasteiger partial charge in [0.1, 0.15) is 0 Å². The second kappa shape index (κ2) is 7.55. The summed E-state index contributed by atoms with van der Waals surface area (Å²) in [5.74, 6) is 0.570. The van der Waals surface area contributed by atoms with Crippen LogP contribution in [-0.4, -0.2) is 17.6 Å². The van der Waals surface area contributed by atoms with Gasteiger partial charge in [-0.25, -0.2) is 4.98 Å². The molecule has 2 rings (SSSR count). The number of thiazole rings is 1. The molecule has 0 aliphatic carbocycles. The van der Waals surface area contributed by atoms with Crippen LogP contribution in [0.3, 0.4) is 0 Å². The summed E-state index contributed by atoms with van der Waals surface area (Å²) in [5, 5.41) is 3.58. The van der Waals surface area contributed by atoms with Gasteiger partial charge in [0, 0.05) is 17.5 Å². The zero-order chi connectivity index (χ0) is 14.4. The highest BCUT2D eigenvalue weighted by Crippen LogP contribution is 2.23. The fourth-order valence-electron chi connectivity index (χ4n) is 2.36. The molecule has 0 bridgehead atoms. The topological polar surface area (TPSA) is 24.9 Å². The fraction of sp³-hybridized carbons (Fsp3) is 0.471. The molecular formula is C17H24N2S. The summed E-state index contributed by atoms with van der Waals surface area (Å²) >= 11 is 1.78. The van der Waals surface area contributed by atoms with E-state index in [9.17, 15) is 0 Å². The van der Waals surface area contributed by atoms with Gasteiger partial charge in [0.05, 0.1) is 11.2 Å². The maximum absolute atomic E-state index is 4.34. The number of hydrogen-bond acceptors (Lipinski definition) is 3. The van der Waals surface area contributed by atoms with Gasteiger partial charge in [-0.05, 0) is 31.2 Å². The van der Waals surface area contributed by atoms with Crippen LogP contribution in [0.4, 0.5) is 0 Å². The number of nitrogens with one attached hydrogen (secondary N) is 1. The van der Waals surface area contributed by atoms with E-state index in [1.807, 2.05) is 5.51 Å². The Bertz CT molecular complexity index is 505. The van der Waals surface area contributed by atoms with Crippen molar-refractivity contribution >= 4 is 11.3 Å². The summed E-state index contributed by atoms with van der Waals surface area (Å²) in [6.07, 6.45) is 2.29. The van der Waals surface area contributed by atoms with Crippen LogP contribution in [0, 0.1) is 6.92 Å². The van der Waals surface area contributed by atoms with Crippen molar-refractivity contribution in [2.75, 3.05) is 6.54 Å². The van der Waals surface area contributed by atoms with Crippen LogP contribution >= 0.6 is 11.3 Å². The predicted octanol–water partition coefficient (Wildman–Crippen LogP) is 4.17. The lowest BCUT2D eigenvalue weighted by molar-refractivity contribution is 0.509. The molecule has 0 saturated heterocycles. The van der Waals surface area contributed by atoms with Gasteiger partial charge >= 0.3 is 0 Å². The van der Waals surface area contributed by atoms with E-state index >= 15 is 0 Å². The molecule has 0 saturated carbocycles. The Morgan fingerprint density at radius 2 is 1.95 bits per heavy atom. The van der Waals surface area contributed by atoms with E-state index in [1.165, 1.54) is 22.6 Å². The second-order valence-electron chi connectivity index (χ2n) is 5.57. The van der Waals surface area contributed by atoms with Gasteiger partial charge in [-0.2, -0.15) is 0 Å². The van der Waals surface area contributed by atoms with Gasteiger partial charge in [-0.3, -0.25) is 0 Å². The van der Waals surface area contributed by atoms with Crippen molar-refractivity contribution in [3.05, 3.63) is 52.0 Å². The Labute approximate surface area is 126 Å². The molecule has 1 aromatic heterocycles. The van der Waals surface area contributed by atoms with Crippen LogP contribution < -0.4 is 5.32 Å². The maximum Gasteiger partial charge on any atom is 0.0797 e. The first-order chi connectivity index (χ1) is 9.66. The highest BCUT2D eigenvalue weighted by Gasteiger charge is 2.13. The average molecular weight is 288 g/mol. The van der Waals surface area contributed by atoms with Crippen molar-refractivity contribution in [1.82, 2.24) is 10.3 Å². The lowest BCUT2D eigenvalue weighted by Crippen LogP contribution is -2.28. The van der Waals surface area contributed by atoms with E-state index < -0.39 is 0 Å². The summed E-state index contributed by atoms with van der Waals surface area (Å²) < 4.78 is 0. The Hall–Kier alpha value is -1.19. The summed E-state index contributed by atoms with van der Waals surface area (Å²) in [6.45, 7) is 7.56. The van der Waals surface area contributed by atoms with Crippen LogP contribution in [0.5, 0.6) is 0 Å². The van der Waals surface area contributed by atoms with Crippen molar-refractivity contribution in [3.8, 4) is 0 Å². The molecule has 0 fully saturated rings. The molecule has 1 N–H and O–H groups in total. The van der Waals surface area contributed by atoms with Crippen molar-refractivity contribution in [2.45, 2.75) is 45.6 Å². The van der Waals surface area contributed by atoms with E-state index in [0.717, 1.165) is 13.0 Å². The maximum atomic E-state index is 4.34. The summed E-state index contributed by atoms with van der Waals surface area (Å²) in [7, 11) is 0. The highest BCUT2D eigenvalue weighted by atomic mass is 32.1. The first-order valence-corrected chi connectivity index (χ1v) is 8.22. The Kier molecular flexibility index (Phi) is 5.74. The summed E-state index contributed by atoms with van der Waals surface area (Å²) in [6, 6.07) is 11.4. The number of aromatic nitrogens is 1. The third-order valence-electron chi connectivity index (χ3n) is 3.61. The average Bonchev–Trinajstić information content (AvgIpc) is 2.85. The van der Waals surface area contributed by atoms with Gasteiger partial charge in [0.25, 0.3) is 0 Å². The molecule has 3 heteroatoms. The van der Waals surface area contributed by atoms with E-state index in [4.69, 9.17) is 0 Å². The minimum absolute atomic E-state index is 0.534. The summed E-state index contributed by atoms with van der Waals surface area (Å²) in [5.41, 5.74) is 4.58. The number of benzene rings is 1. The van der Waals surface area contributed by atoms with Gasteiger partial charge < -0.3 is 5.32 Å². The largest absolute Gasteiger partial charge is 0.314 e. The minimum atomic E-state index is 0.534. The zero-order valence-electron chi connectivity index (χ0n) is 12.6. The molecule has 20 heavy (non-hydrogen) atoms. The second-order valence-corrected chi connectivity index (χ2v) is 6.51. The van der Waals surface area contributed by atoms with E-state index in [0.29, 0.717) is 12.0 Å². The molecule has 1 aromatic carbocycles. The molecule has 0 aliphatic heterocycles. The summed E-state index contributed by atoms with van der Waals surface area (Å²) in [4.78, 5) is 5.77. The molecule has 108 valence electrons. The third kappa shape index (κ3) is 4.43. The molecule has 0 spiro atoms. The smallest absolute Gasteiger partial charge is 0.0797 e. The lowest BCUT2D eigenvalue weighted by atomic mass is 9.93. The lowest BCUT2D eigenvalue weighted by Gasteiger charge is -2.19. The monoisotopic (exact) mass is 288 g/mol. The van der Waals surface area contributed by atoms with Gasteiger partial charge in [0.2, 0.25) is 0 Å². The van der Waals surface area contributed by atoms with Crippen LogP contribution in [0.1, 0.15) is 42.3 Å². The van der Waals surface area contributed by atoms with Crippen molar-refractivity contribution in [3.63, 3.8) is 0 Å². The molecular weight excluding hydrogens is 264 g/mol. The van der Waals surface area contributed by atoms with Crippen LogP contribution in [0.15, 0.2) is 35.8 Å². The standard InChI is InChI=1S/C17H24N2S/c1-13(2)18-11-16(15-7-5-4-6-8-15)9-10-17-14(3)19-12-20-17/h4-8,12-13,16,18H,9-11H2,1-3H3. The van der Waals surface area contributed by atoms with Crippen LogP contribution in [-0.2, 0) is 6.42 Å². The van der Waals surface area contributed by atoms with E-state index in [-0.39, 0.29) is 0 Å². The van der Waals surface area contributed by atoms with E-state index in [1.54, 1.807) is 11.3 Å². The van der Waals surface area contributed by atoms with Crippen molar-refractivity contribution in [2.24, 2.45) is 0 Å². The molecule has 1 atom stereocenters. The minimum Gasteiger partial charge on any atom is -0.314 e. The Morgan fingerprint density at radius 1 is 1.20 bits per heavy atom. The Balaban J connectivity index is 2.01. The zero-order valence-corrected chi connectivity index (χ0v) is 13.4. The van der Waals surface area contributed by atoms with Crippen LogP contribution in [0.25, 0.3) is 0 Å². The SMILES string of the molecule is Cc1ncsc1CCC(CNC(C)C)c1ccccc1. The highest BCUT2D eigenvalue weighted by molar-refractivity contribution is 7.09. The molecule has 0 amide bonds. The fourth-order valence-corrected chi connectivity index (χ4v) is 3.16. The number of nitrogens with zero attached hydrogens (tertiary/aromatic N) is 1.